The maximum absolute atomic E-state index is 13.8. The van der Waals surface area contributed by atoms with Crippen LogP contribution in [0.1, 0.15) is 32.4 Å². The number of nitriles is 1. The second-order valence-corrected chi connectivity index (χ2v) is 12.1. The molecule has 2 amide bonds. The average molecular weight is 609 g/mol. The monoisotopic (exact) mass is 608 g/mol. The van der Waals surface area contributed by atoms with Crippen molar-refractivity contribution in [3.63, 3.8) is 0 Å². The van der Waals surface area contributed by atoms with Crippen molar-refractivity contribution in [1.82, 2.24) is 4.90 Å². The second kappa shape index (κ2) is 14.0. The molecule has 0 bridgehead atoms. The summed E-state index contributed by atoms with van der Waals surface area (Å²) >= 11 is 2.78. The summed E-state index contributed by atoms with van der Waals surface area (Å²) in [5, 5.41) is 24.4. The van der Waals surface area contributed by atoms with Crippen LogP contribution in [0.5, 0.6) is 0 Å². The lowest BCUT2D eigenvalue weighted by Crippen LogP contribution is -2.29. The second-order valence-electron chi connectivity index (χ2n) is 9.85. The number of thioether (sulfide) groups is 1. The fourth-order valence-corrected chi connectivity index (χ4v) is 7.16. The number of hydrogen-bond acceptors (Lipinski definition) is 7. The quantitative estimate of drug-likeness (QED) is 0.144. The number of hydrogen-bond donors (Lipinski definition) is 3. The van der Waals surface area contributed by atoms with Gasteiger partial charge >= 0.3 is 5.97 Å². The molecule has 1 aliphatic rings. The number of rotatable bonds is 10. The van der Waals surface area contributed by atoms with Gasteiger partial charge in [0.1, 0.15) is 16.3 Å². The summed E-state index contributed by atoms with van der Waals surface area (Å²) in [6.07, 6.45) is 2.45. The van der Waals surface area contributed by atoms with Gasteiger partial charge in [-0.05, 0) is 41.3 Å². The first kappa shape index (κ1) is 29.8. The molecule has 4 aromatic rings. The molecule has 0 fully saturated rings. The zero-order valence-corrected chi connectivity index (χ0v) is 24.7. The van der Waals surface area contributed by atoms with Crippen LogP contribution in [0.3, 0.4) is 0 Å². The van der Waals surface area contributed by atoms with Crippen molar-refractivity contribution >= 4 is 51.6 Å². The predicted octanol–water partition coefficient (Wildman–Crippen LogP) is 6.23. The molecule has 43 heavy (non-hydrogen) atoms. The number of thiophene rings is 1. The SMILES string of the molecule is N#Cc1c(NC(=O)C(Sc2cccc(NC(=O)/C=C/C(=O)O)c2)c2ccccc2)sc2c1CCN(Cc1ccccc1)C2. The third-order valence-corrected chi connectivity index (χ3v) is 9.19. The minimum Gasteiger partial charge on any atom is -0.478 e. The normalized spacial score (nSPS) is 13.6. The number of carboxylic acids is 1. The van der Waals surface area contributed by atoms with Gasteiger partial charge < -0.3 is 15.7 Å². The van der Waals surface area contributed by atoms with E-state index in [0.717, 1.165) is 59.1 Å². The highest BCUT2D eigenvalue weighted by Gasteiger charge is 2.28. The molecule has 0 saturated carbocycles. The van der Waals surface area contributed by atoms with Gasteiger partial charge in [0.05, 0.1) is 5.56 Å². The number of nitrogens with one attached hydrogen (secondary N) is 2. The van der Waals surface area contributed by atoms with Crippen LogP contribution in [0.25, 0.3) is 0 Å². The first-order valence-electron chi connectivity index (χ1n) is 13.5. The average Bonchev–Trinajstić information content (AvgIpc) is 3.35. The first-order valence-corrected chi connectivity index (χ1v) is 15.2. The number of carboxylic acid groups (broad SMARTS) is 1. The molecule has 1 aliphatic heterocycles. The van der Waals surface area contributed by atoms with Crippen LogP contribution in [0.2, 0.25) is 0 Å². The Balaban J connectivity index is 1.34. The molecule has 216 valence electrons. The summed E-state index contributed by atoms with van der Waals surface area (Å²) in [4.78, 5) is 40.8. The lowest BCUT2D eigenvalue weighted by atomic mass is 10.0. The van der Waals surface area contributed by atoms with E-state index in [1.807, 2.05) is 54.6 Å². The molecule has 0 radical (unpaired) electrons. The lowest BCUT2D eigenvalue weighted by molar-refractivity contribution is -0.131. The summed E-state index contributed by atoms with van der Waals surface area (Å²) in [6, 6.07) is 29.0. The number of nitrogens with zero attached hydrogens (tertiary/aromatic N) is 2. The van der Waals surface area contributed by atoms with Crippen LogP contribution in [-0.4, -0.2) is 34.3 Å². The Bertz CT molecular complexity index is 1700. The van der Waals surface area contributed by atoms with Gasteiger partial charge in [0, 0.05) is 47.2 Å². The van der Waals surface area contributed by atoms with Gasteiger partial charge in [0.25, 0.3) is 0 Å². The van der Waals surface area contributed by atoms with Crippen molar-refractivity contribution in [2.45, 2.75) is 29.7 Å². The Morgan fingerprint density at radius 1 is 1.00 bits per heavy atom. The Morgan fingerprint density at radius 2 is 1.74 bits per heavy atom. The molecule has 3 N–H and O–H groups in total. The summed E-state index contributed by atoms with van der Waals surface area (Å²) in [5.74, 6) is -2.05. The third kappa shape index (κ3) is 7.78. The van der Waals surface area contributed by atoms with Crippen molar-refractivity contribution in [1.29, 1.82) is 5.26 Å². The minimum absolute atomic E-state index is 0.258. The Kier molecular flexibility index (Phi) is 9.69. The third-order valence-electron chi connectivity index (χ3n) is 6.81. The maximum atomic E-state index is 13.8. The zero-order valence-electron chi connectivity index (χ0n) is 23.0. The standard InChI is InChI=1S/C33H28N4O4S2/c34-19-27-26-16-17-37(20-22-8-3-1-4-9-22)21-28(26)43-33(27)36-32(41)31(23-10-5-2-6-11-23)42-25-13-7-12-24(18-25)35-29(38)14-15-30(39)40/h1-15,18,31H,16-17,20-21H2,(H,35,38)(H,36,41)(H,39,40)/b15-14+. The number of aliphatic carboxylic acids is 1. The van der Waals surface area contributed by atoms with Gasteiger partial charge in [-0.2, -0.15) is 5.26 Å². The molecule has 1 aromatic heterocycles. The Hall–Kier alpha value is -4.69. The van der Waals surface area contributed by atoms with E-state index < -0.39 is 17.1 Å². The smallest absolute Gasteiger partial charge is 0.328 e. The van der Waals surface area contributed by atoms with Crippen LogP contribution in [0.15, 0.2) is 102 Å². The summed E-state index contributed by atoms with van der Waals surface area (Å²) in [7, 11) is 0. The minimum atomic E-state index is -1.22. The van der Waals surface area contributed by atoms with Crippen LogP contribution < -0.4 is 10.6 Å². The van der Waals surface area contributed by atoms with Gasteiger partial charge in [0.2, 0.25) is 11.8 Å². The van der Waals surface area contributed by atoms with Crippen LogP contribution >= 0.6 is 23.1 Å². The predicted molar refractivity (Wildman–Crippen MR) is 169 cm³/mol. The van der Waals surface area contributed by atoms with Crippen LogP contribution in [-0.2, 0) is 33.9 Å². The van der Waals surface area contributed by atoms with E-state index >= 15 is 0 Å². The fourth-order valence-electron chi connectivity index (χ4n) is 4.83. The van der Waals surface area contributed by atoms with Crippen LogP contribution in [0, 0.1) is 11.3 Å². The highest BCUT2D eigenvalue weighted by molar-refractivity contribution is 8.00. The molecule has 0 saturated heterocycles. The first-order chi connectivity index (χ1) is 20.9. The molecule has 10 heteroatoms. The maximum Gasteiger partial charge on any atom is 0.328 e. The molecule has 1 unspecified atom stereocenters. The number of amides is 2. The lowest BCUT2D eigenvalue weighted by Gasteiger charge is -2.26. The molecule has 1 atom stereocenters. The highest BCUT2D eigenvalue weighted by atomic mass is 32.2. The van der Waals surface area contributed by atoms with E-state index in [4.69, 9.17) is 5.11 Å². The van der Waals surface area contributed by atoms with Crippen molar-refractivity contribution < 1.29 is 19.5 Å². The van der Waals surface area contributed by atoms with Gasteiger partial charge in [-0.15, -0.1) is 23.1 Å². The van der Waals surface area contributed by atoms with E-state index in [-0.39, 0.29) is 5.91 Å². The largest absolute Gasteiger partial charge is 0.478 e. The van der Waals surface area contributed by atoms with E-state index in [9.17, 15) is 19.6 Å². The van der Waals surface area contributed by atoms with Crippen molar-refractivity contribution in [3.05, 3.63) is 124 Å². The van der Waals surface area contributed by atoms with E-state index in [2.05, 4.69) is 33.7 Å². The van der Waals surface area contributed by atoms with Gasteiger partial charge in [-0.1, -0.05) is 66.7 Å². The molecule has 5 rings (SSSR count). The fraction of sp³-hybridized carbons (Fsp3) is 0.152. The highest BCUT2D eigenvalue weighted by Crippen LogP contribution is 2.40. The van der Waals surface area contributed by atoms with E-state index in [1.54, 1.807) is 18.2 Å². The van der Waals surface area contributed by atoms with E-state index in [0.29, 0.717) is 16.3 Å². The van der Waals surface area contributed by atoms with Crippen molar-refractivity contribution in [2.75, 3.05) is 17.2 Å². The number of fused-ring (bicyclic) bond motifs is 1. The topological polar surface area (TPSA) is 123 Å². The molecular formula is C33H28N4O4S2. The Labute approximate surface area is 257 Å². The summed E-state index contributed by atoms with van der Waals surface area (Å²) < 4.78 is 0. The number of carbonyl (C=O) groups is 3. The van der Waals surface area contributed by atoms with Crippen molar-refractivity contribution in [3.8, 4) is 6.07 Å². The van der Waals surface area contributed by atoms with Gasteiger partial charge in [-0.3, -0.25) is 14.5 Å². The molecule has 2 heterocycles. The molecule has 8 nitrogen and oxygen atoms in total. The molecule has 0 aliphatic carbocycles. The van der Waals surface area contributed by atoms with Crippen LogP contribution in [0.4, 0.5) is 10.7 Å². The number of carbonyl (C=O) groups excluding carboxylic acids is 2. The van der Waals surface area contributed by atoms with Gasteiger partial charge in [-0.25, -0.2) is 4.79 Å². The molecular weight excluding hydrogens is 581 g/mol. The zero-order chi connectivity index (χ0) is 30.2. The number of benzene rings is 3. The van der Waals surface area contributed by atoms with Gasteiger partial charge in [0.15, 0.2) is 0 Å². The Morgan fingerprint density at radius 3 is 2.47 bits per heavy atom. The summed E-state index contributed by atoms with van der Waals surface area (Å²) in [6.45, 7) is 2.38. The molecule has 3 aromatic carbocycles. The number of anilines is 2. The summed E-state index contributed by atoms with van der Waals surface area (Å²) in [5.41, 5.74) is 4.03. The van der Waals surface area contributed by atoms with Crippen molar-refractivity contribution in [2.24, 2.45) is 0 Å². The van der Waals surface area contributed by atoms with E-state index in [1.165, 1.54) is 28.7 Å². The molecule has 0 spiro atoms.